The highest BCUT2D eigenvalue weighted by atomic mass is 79.9. The molecule has 0 bridgehead atoms. The molecular formula is C19H13Br2NO3. The van der Waals surface area contributed by atoms with Gasteiger partial charge in [0.15, 0.2) is 6.10 Å². The van der Waals surface area contributed by atoms with Gasteiger partial charge in [-0.2, -0.15) is 0 Å². The van der Waals surface area contributed by atoms with Crippen LogP contribution < -0.4 is 10.1 Å². The highest BCUT2D eigenvalue weighted by molar-refractivity contribution is 9.11. The fraction of sp³-hybridized carbons (Fsp3) is 0.105. The van der Waals surface area contributed by atoms with Gasteiger partial charge in [-0.25, -0.2) is 4.79 Å². The number of carbonyl (C=O) groups is 1. The molecule has 3 aromatic carbocycles. The molecular weight excluding hydrogens is 450 g/mol. The van der Waals surface area contributed by atoms with Crippen molar-refractivity contribution in [3.8, 4) is 5.75 Å². The van der Waals surface area contributed by atoms with Crippen molar-refractivity contribution in [2.45, 2.75) is 6.10 Å². The summed E-state index contributed by atoms with van der Waals surface area (Å²) in [5.41, 5.74) is 2.57. The molecule has 1 amide bonds. The molecule has 1 heterocycles. The number of fused-ring (bicyclic) bond motifs is 3. The number of hydrogen-bond donors (Lipinski definition) is 1. The van der Waals surface area contributed by atoms with E-state index in [-0.39, 0.29) is 0 Å². The Hall–Kier alpha value is -2.05. The van der Waals surface area contributed by atoms with Crippen molar-refractivity contribution < 1.29 is 14.3 Å². The van der Waals surface area contributed by atoms with Crippen LogP contribution in [0.5, 0.6) is 5.75 Å². The lowest BCUT2D eigenvalue weighted by atomic mass is 9.95. The van der Waals surface area contributed by atoms with E-state index in [9.17, 15) is 4.79 Å². The van der Waals surface area contributed by atoms with Crippen LogP contribution in [0, 0.1) is 0 Å². The summed E-state index contributed by atoms with van der Waals surface area (Å²) >= 11 is 7.02. The second-order valence-electron chi connectivity index (χ2n) is 5.68. The number of anilines is 1. The zero-order valence-electron chi connectivity index (χ0n) is 13.2. The number of rotatable bonds is 2. The highest BCUT2D eigenvalue weighted by Gasteiger charge is 2.30. The standard InChI is InChI=1S/C19H13Br2NO3/c1-24-18-14(20)8-11(9-15(18)21)17-13-7-6-10-4-2-3-5-12(10)16(13)22-19(23)25-17/h2-9,17H,1H3,(H,22,23). The van der Waals surface area contributed by atoms with Crippen molar-refractivity contribution >= 4 is 54.4 Å². The van der Waals surface area contributed by atoms with Gasteiger partial charge in [0.05, 0.1) is 21.7 Å². The predicted molar refractivity (Wildman–Crippen MR) is 104 cm³/mol. The first-order valence-electron chi connectivity index (χ1n) is 7.60. The van der Waals surface area contributed by atoms with Gasteiger partial charge in [-0.3, -0.25) is 5.32 Å². The van der Waals surface area contributed by atoms with Crippen LogP contribution >= 0.6 is 31.9 Å². The zero-order valence-corrected chi connectivity index (χ0v) is 16.3. The molecule has 1 unspecified atom stereocenters. The maximum atomic E-state index is 12.2. The lowest BCUT2D eigenvalue weighted by Gasteiger charge is -2.28. The number of amides is 1. The average molecular weight is 463 g/mol. The third kappa shape index (κ3) is 2.79. The largest absolute Gasteiger partial charge is 0.494 e. The lowest BCUT2D eigenvalue weighted by molar-refractivity contribution is 0.127. The van der Waals surface area contributed by atoms with Gasteiger partial charge in [0.2, 0.25) is 0 Å². The molecule has 0 radical (unpaired) electrons. The number of benzene rings is 3. The van der Waals surface area contributed by atoms with E-state index in [0.29, 0.717) is 5.75 Å². The predicted octanol–water partition coefficient (Wildman–Crippen LogP) is 6.02. The van der Waals surface area contributed by atoms with Crippen molar-refractivity contribution in [1.29, 1.82) is 0 Å². The molecule has 4 nitrogen and oxygen atoms in total. The Kier molecular flexibility index (Phi) is 4.17. The SMILES string of the molecule is COc1c(Br)cc(C2OC(=O)Nc3c2ccc2ccccc32)cc1Br. The average Bonchev–Trinajstić information content (AvgIpc) is 2.60. The summed E-state index contributed by atoms with van der Waals surface area (Å²) in [6.07, 6.45) is -0.955. The van der Waals surface area contributed by atoms with Gasteiger partial charge in [-0.1, -0.05) is 36.4 Å². The monoisotopic (exact) mass is 461 g/mol. The van der Waals surface area contributed by atoms with Crippen LogP contribution in [-0.4, -0.2) is 13.2 Å². The third-order valence-electron chi connectivity index (χ3n) is 4.22. The fourth-order valence-electron chi connectivity index (χ4n) is 3.12. The molecule has 126 valence electrons. The smallest absolute Gasteiger partial charge is 0.412 e. The Morgan fingerprint density at radius 3 is 2.52 bits per heavy atom. The summed E-state index contributed by atoms with van der Waals surface area (Å²) < 4.78 is 12.5. The van der Waals surface area contributed by atoms with E-state index in [4.69, 9.17) is 9.47 Å². The van der Waals surface area contributed by atoms with Gasteiger partial charge in [-0.05, 0) is 54.9 Å². The minimum atomic E-state index is -0.494. The van der Waals surface area contributed by atoms with Gasteiger partial charge in [0.25, 0.3) is 0 Å². The molecule has 1 aliphatic rings. The normalized spacial score (nSPS) is 16.1. The molecule has 6 heteroatoms. The van der Waals surface area contributed by atoms with Crippen LogP contribution in [0.1, 0.15) is 17.2 Å². The highest BCUT2D eigenvalue weighted by Crippen LogP contribution is 2.43. The molecule has 1 N–H and O–H groups in total. The summed E-state index contributed by atoms with van der Waals surface area (Å²) in [4.78, 5) is 12.2. The Labute approximate surface area is 161 Å². The Morgan fingerprint density at radius 1 is 1.08 bits per heavy atom. The van der Waals surface area contributed by atoms with Crippen LogP contribution in [0.25, 0.3) is 10.8 Å². The molecule has 0 saturated carbocycles. The van der Waals surface area contributed by atoms with Crippen LogP contribution in [0.4, 0.5) is 10.5 Å². The Bertz CT molecular complexity index is 980. The number of nitrogens with one attached hydrogen (secondary N) is 1. The van der Waals surface area contributed by atoms with Gasteiger partial charge in [0.1, 0.15) is 5.75 Å². The maximum absolute atomic E-state index is 12.2. The van der Waals surface area contributed by atoms with Gasteiger partial charge in [0, 0.05) is 10.9 Å². The first kappa shape index (κ1) is 16.4. The molecule has 1 aliphatic heterocycles. The maximum Gasteiger partial charge on any atom is 0.412 e. The lowest BCUT2D eigenvalue weighted by Crippen LogP contribution is -2.25. The second-order valence-corrected chi connectivity index (χ2v) is 7.39. The van der Waals surface area contributed by atoms with Crippen LogP contribution in [-0.2, 0) is 4.74 Å². The number of hydrogen-bond acceptors (Lipinski definition) is 3. The molecule has 0 spiro atoms. The molecule has 0 aromatic heterocycles. The molecule has 25 heavy (non-hydrogen) atoms. The van der Waals surface area contributed by atoms with Gasteiger partial charge < -0.3 is 9.47 Å². The van der Waals surface area contributed by atoms with Crippen molar-refractivity contribution in [2.24, 2.45) is 0 Å². The summed E-state index contributed by atoms with van der Waals surface area (Å²) in [6, 6.07) is 15.8. The van der Waals surface area contributed by atoms with E-state index in [2.05, 4.69) is 37.2 Å². The van der Waals surface area contributed by atoms with Gasteiger partial charge >= 0.3 is 6.09 Å². The van der Waals surface area contributed by atoms with E-state index in [0.717, 1.165) is 36.5 Å². The molecule has 0 fully saturated rings. The van der Waals surface area contributed by atoms with E-state index < -0.39 is 12.2 Å². The van der Waals surface area contributed by atoms with Crippen molar-refractivity contribution in [3.05, 3.63) is 68.6 Å². The third-order valence-corrected chi connectivity index (χ3v) is 5.40. The molecule has 0 saturated heterocycles. The van der Waals surface area contributed by atoms with Gasteiger partial charge in [-0.15, -0.1) is 0 Å². The number of halogens is 2. The van der Waals surface area contributed by atoms with Crippen LogP contribution in [0.15, 0.2) is 57.5 Å². The van der Waals surface area contributed by atoms with E-state index >= 15 is 0 Å². The minimum absolute atomic E-state index is 0.461. The Balaban J connectivity index is 1.91. The topological polar surface area (TPSA) is 47.6 Å². The molecule has 1 atom stereocenters. The summed E-state index contributed by atoms with van der Waals surface area (Å²) in [5, 5.41) is 4.91. The number of cyclic esters (lactones) is 1. The second kappa shape index (κ2) is 6.35. The van der Waals surface area contributed by atoms with Crippen molar-refractivity contribution in [3.63, 3.8) is 0 Å². The van der Waals surface area contributed by atoms with Crippen LogP contribution in [0.2, 0.25) is 0 Å². The van der Waals surface area contributed by atoms with Crippen molar-refractivity contribution in [1.82, 2.24) is 0 Å². The molecule has 0 aliphatic carbocycles. The fourth-order valence-corrected chi connectivity index (χ4v) is 4.67. The first-order chi connectivity index (χ1) is 12.1. The van der Waals surface area contributed by atoms with Crippen LogP contribution in [0.3, 0.4) is 0 Å². The first-order valence-corrected chi connectivity index (χ1v) is 9.19. The summed E-state index contributed by atoms with van der Waals surface area (Å²) in [7, 11) is 1.61. The van der Waals surface area contributed by atoms with E-state index in [1.54, 1.807) is 7.11 Å². The molecule has 4 rings (SSSR count). The summed E-state index contributed by atoms with van der Waals surface area (Å²) in [6.45, 7) is 0. The van der Waals surface area contributed by atoms with E-state index in [1.807, 2.05) is 48.5 Å². The Morgan fingerprint density at radius 2 is 1.80 bits per heavy atom. The van der Waals surface area contributed by atoms with Crippen molar-refractivity contribution in [2.75, 3.05) is 12.4 Å². The quantitative estimate of drug-likeness (QED) is 0.506. The number of ether oxygens (including phenoxy) is 2. The number of carbonyl (C=O) groups excluding carboxylic acids is 1. The summed E-state index contributed by atoms with van der Waals surface area (Å²) in [5.74, 6) is 0.697. The zero-order chi connectivity index (χ0) is 17.6. The minimum Gasteiger partial charge on any atom is -0.494 e. The number of methoxy groups -OCH3 is 1. The van der Waals surface area contributed by atoms with E-state index in [1.165, 1.54) is 0 Å². The molecule has 3 aromatic rings.